The molecule has 2 aromatic carbocycles. The van der Waals surface area contributed by atoms with Gasteiger partial charge >= 0.3 is 6.09 Å². The summed E-state index contributed by atoms with van der Waals surface area (Å²) in [6, 6.07) is 14.0. The Morgan fingerprint density at radius 2 is 1.94 bits per heavy atom. The summed E-state index contributed by atoms with van der Waals surface area (Å²) in [6.45, 7) is 4.05. The Bertz CT molecular complexity index is 1110. The zero-order valence-electron chi connectivity index (χ0n) is 17.2. The highest BCUT2D eigenvalue weighted by Crippen LogP contribution is 2.34. The summed E-state index contributed by atoms with van der Waals surface area (Å²) in [7, 11) is 0. The van der Waals surface area contributed by atoms with E-state index in [2.05, 4.69) is 4.98 Å². The first kappa shape index (κ1) is 20.5. The van der Waals surface area contributed by atoms with Gasteiger partial charge in [0.15, 0.2) is 11.5 Å². The Balaban J connectivity index is 1.46. The smallest absolute Gasteiger partial charge is 0.417 e. The van der Waals surface area contributed by atoms with Crippen molar-refractivity contribution in [3.05, 3.63) is 65.5 Å². The zero-order chi connectivity index (χ0) is 22.0. The van der Waals surface area contributed by atoms with Gasteiger partial charge in [-0.15, -0.1) is 0 Å². The van der Waals surface area contributed by atoms with Crippen molar-refractivity contribution in [1.29, 1.82) is 0 Å². The van der Waals surface area contributed by atoms with Gasteiger partial charge in [0.2, 0.25) is 12.0 Å². The molecule has 1 saturated heterocycles. The van der Waals surface area contributed by atoms with Crippen LogP contribution in [-0.2, 0) is 16.1 Å². The molecule has 8 heteroatoms. The fourth-order valence-electron chi connectivity index (χ4n) is 3.31. The molecule has 160 valence electrons. The number of imide groups is 1. The number of nitrogens with zero attached hydrogens (tertiary/aromatic N) is 2. The first-order valence-corrected chi connectivity index (χ1v) is 9.97. The molecule has 8 nitrogen and oxygen atoms in total. The fraction of sp³-hybridized carbons (Fsp3) is 0.261. The van der Waals surface area contributed by atoms with Gasteiger partial charge in [-0.3, -0.25) is 4.79 Å². The molecule has 1 unspecified atom stereocenters. The Morgan fingerprint density at radius 3 is 2.65 bits per heavy atom. The van der Waals surface area contributed by atoms with Crippen LogP contribution in [0.2, 0.25) is 0 Å². The van der Waals surface area contributed by atoms with Crippen LogP contribution >= 0.6 is 0 Å². The van der Waals surface area contributed by atoms with Gasteiger partial charge in [0.1, 0.15) is 18.1 Å². The van der Waals surface area contributed by atoms with Gasteiger partial charge < -0.3 is 19.0 Å². The second-order valence-corrected chi connectivity index (χ2v) is 7.16. The highest BCUT2D eigenvalue weighted by molar-refractivity contribution is 6.00. The second kappa shape index (κ2) is 8.51. The normalized spacial score (nSPS) is 15.9. The third kappa shape index (κ3) is 4.09. The van der Waals surface area contributed by atoms with Gasteiger partial charge in [-0.05, 0) is 37.6 Å². The standard InChI is InChI=1S/C23H22N2O6/c1-3-11-25-22(27)20(31-23(25)28)16-9-10-19(18(26)12-16)29-13-17-14(2)30-21(24-17)15-7-5-4-6-8-15/h4-10,12,20,26H,3,11,13H2,1-2H3. The molecule has 1 atom stereocenters. The quantitative estimate of drug-likeness (QED) is 0.603. The summed E-state index contributed by atoms with van der Waals surface area (Å²) in [5.74, 6) is 0.727. The zero-order valence-corrected chi connectivity index (χ0v) is 17.2. The number of aromatic nitrogens is 1. The number of hydrogen-bond donors (Lipinski definition) is 1. The summed E-state index contributed by atoms with van der Waals surface area (Å²) in [5, 5.41) is 10.4. The summed E-state index contributed by atoms with van der Waals surface area (Å²) in [4.78, 5) is 29.8. The average molecular weight is 422 g/mol. The van der Waals surface area contributed by atoms with Crippen molar-refractivity contribution in [2.75, 3.05) is 6.54 Å². The largest absolute Gasteiger partial charge is 0.504 e. The molecule has 1 aliphatic heterocycles. The second-order valence-electron chi connectivity index (χ2n) is 7.16. The lowest BCUT2D eigenvalue weighted by molar-refractivity contribution is -0.129. The van der Waals surface area contributed by atoms with Crippen molar-refractivity contribution in [2.24, 2.45) is 0 Å². The van der Waals surface area contributed by atoms with Crippen molar-refractivity contribution in [2.45, 2.75) is 33.0 Å². The summed E-state index contributed by atoms with van der Waals surface area (Å²) < 4.78 is 16.6. The number of benzene rings is 2. The van der Waals surface area contributed by atoms with Gasteiger partial charge in [-0.2, -0.15) is 0 Å². The molecular weight excluding hydrogens is 400 g/mol. The molecule has 0 radical (unpaired) electrons. The number of oxazole rings is 1. The fourth-order valence-corrected chi connectivity index (χ4v) is 3.31. The molecule has 1 aliphatic rings. The summed E-state index contributed by atoms with van der Waals surface area (Å²) in [5.41, 5.74) is 1.85. The van der Waals surface area contributed by atoms with E-state index in [0.29, 0.717) is 35.9 Å². The van der Waals surface area contributed by atoms with Crippen LogP contribution in [0, 0.1) is 6.92 Å². The highest BCUT2D eigenvalue weighted by atomic mass is 16.6. The molecule has 1 fully saturated rings. The maximum absolute atomic E-state index is 12.4. The van der Waals surface area contributed by atoms with Gasteiger partial charge in [-0.25, -0.2) is 14.7 Å². The van der Waals surface area contributed by atoms with Crippen LogP contribution in [0.5, 0.6) is 11.5 Å². The van der Waals surface area contributed by atoms with E-state index in [1.54, 1.807) is 13.0 Å². The van der Waals surface area contributed by atoms with Crippen molar-refractivity contribution >= 4 is 12.0 Å². The van der Waals surface area contributed by atoms with Crippen LogP contribution in [-0.4, -0.2) is 33.5 Å². The SMILES string of the molecule is CCCN1C(=O)OC(c2ccc(OCc3nc(-c4ccccc4)oc3C)c(O)c2)C1=O. The van der Waals surface area contributed by atoms with Crippen LogP contribution in [0.3, 0.4) is 0 Å². The van der Waals surface area contributed by atoms with Crippen LogP contribution in [0.1, 0.15) is 36.5 Å². The minimum absolute atomic E-state index is 0.0939. The number of hydrogen-bond acceptors (Lipinski definition) is 7. The minimum Gasteiger partial charge on any atom is -0.504 e. The first-order chi connectivity index (χ1) is 15.0. The van der Waals surface area contributed by atoms with E-state index in [1.807, 2.05) is 37.3 Å². The molecule has 2 amide bonds. The summed E-state index contributed by atoms with van der Waals surface area (Å²) in [6.07, 6.45) is -1.10. The van der Waals surface area contributed by atoms with Crippen LogP contribution in [0.25, 0.3) is 11.5 Å². The molecule has 0 bridgehead atoms. The van der Waals surface area contributed by atoms with Crippen molar-refractivity contribution in [3.8, 4) is 23.0 Å². The van der Waals surface area contributed by atoms with Gasteiger partial charge in [0.05, 0.1) is 0 Å². The molecule has 1 N–H and O–H groups in total. The monoisotopic (exact) mass is 422 g/mol. The predicted octanol–water partition coefficient (Wildman–Crippen LogP) is 4.36. The number of ether oxygens (including phenoxy) is 2. The Kier molecular flexibility index (Phi) is 5.62. The average Bonchev–Trinajstić information content (AvgIpc) is 3.28. The highest BCUT2D eigenvalue weighted by Gasteiger charge is 2.41. The maximum atomic E-state index is 12.4. The van der Waals surface area contributed by atoms with E-state index in [0.717, 1.165) is 10.5 Å². The molecular formula is C23H22N2O6. The predicted molar refractivity (Wildman–Crippen MR) is 110 cm³/mol. The molecule has 2 heterocycles. The number of aryl methyl sites for hydroxylation is 1. The minimum atomic E-state index is -1.06. The van der Waals surface area contributed by atoms with Crippen molar-refractivity contribution in [1.82, 2.24) is 9.88 Å². The molecule has 4 rings (SSSR count). The van der Waals surface area contributed by atoms with E-state index in [4.69, 9.17) is 13.9 Å². The lowest BCUT2D eigenvalue weighted by Gasteiger charge is -2.12. The first-order valence-electron chi connectivity index (χ1n) is 9.97. The molecule has 31 heavy (non-hydrogen) atoms. The number of carbonyl (C=O) groups is 2. The third-order valence-electron chi connectivity index (χ3n) is 4.94. The molecule has 0 saturated carbocycles. The number of cyclic esters (lactones) is 1. The number of rotatable bonds is 7. The number of amides is 2. The lowest BCUT2D eigenvalue weighted by Crippen LogP contribution is -2.30. The van der Waals surface area contributed by atoms with E-state index >= 15 is 0 Å². The lowest BCUT2D eigenvalue weighted by atomic mass is 10.1. The molecule has 3 aromatic rings. The molecule has 1 aromatic heterocycles. The van der Waals surface area contributed by atoms with E-state index in [-0.39, 0.29) is 18.1 Å². The number of aromatic hydroxyl groups is 1. The summed E-state index contributed by atoms with van der Waals surface area (Å²) >= 11 is 0. The Hall–Kier alpha value is -3.81. The Labute approximate surface area is 179 Å². The van der Waals surface area contributed by atoms with Crippen LogP contribution < -0.4 is 4.74 Å². The van der Waals surface area contributed by atoms with Crippen LogP contribution in [0.15, 0.2) is 52.9 Å². The van der Waals surface area contributed by atoms with Gasteiger partial charge in [-0.1, -0.05) is 31.2 Å². The van der Waals surface area contributed by atoms with Crippen LogP contribution in [0.4, 0.5) is 4.79 Å². The van der Waals surface area contributed by atoms with E-state index < -0.39 is 18.1 Å². The van der Waals surface area contributed by atoms with Gasteiger partial charge in [0.25, 0.3) is 5.91 Å². The Morgan fingerprint density at radius 1 is 1.16 bits per heavy atom. The maximum Gasteiger partial charge on any atom is 0.417 e. The third-order valence-corrected chi connectivity index (χ3v) is 4.94. The van der Waals surface area contributed by atoms with Crippen molar-refractivity contribution < 1.29 is 28.6 Å². The molecule has 0 aliphatic carbocycles. The van der Waals surface area contributed by atoms with Gasteiger partial charge in [0, 0.05) is 17.7 Å². The van der Waals surface area contributed by atoms with E-state index in [9.17, 15) is 14.7 Å². The number of phenols is 1. The topological polar surface area (TPSA) is 102 Å². The molecule has 0 spiro atoms. The number of phenolic OH excluding ortho intramolecular Hbond substituents is 1. The van der Waals surface area contributed by atoms with E-state index in [1.165, 1.54) is 12.1 Å². The van der Waals surface area contributed by atoms with Crippen molar-refractivity contribution in [3.63, 3.8) is 0 Å². The number of carbonyl (C=O) groups excluding carboxylic acids is 2.